The Labute approximate surface area is 142 Å². The molecule has 3 aliphatic rings. The predicted molar refractivity (Wildman–Crippen MR) is 94.5 cm³/mol. The molecule has 0 saturated carbocycles. The van der Waals surface area contributed by atoms with Crippen LogP contribution in [0, 0.1) is 11.8 Å². The smallest absolute Gasteiger partial charge is 0.129 e. The quantitative estimate of drug-likeness (QED) is 0.848. The summed E-state index contributed by atoms with van der Waals surface area (Å²) in [5.74, 6) is 1.04. The summed E-state index contributed by atoms with van der Waals surface area (Å²) in [5, 5.41) is 22.7. The van der Waals surface area contributed by atoms with E-state index in [4.69, 9.17) is 0 Å². The first-order valence-corrected chi connectivity index (χ1v) is 8.71. The molecule has 2 N–H and O–H groups in total. The van der Waals surface area contributed by atoms with Crippen molar-refractivity contribution >= 4 is 10.9 Å². The molecule has 0 radical (unpaired) electrons. The van der Waals surface area contributed by atoms with Gasteiger partial charge in [0.15, 0.2) is 0 Å². The summed E-state index contributed by atoms with van der Waals surface area (Å²) in [7, 11) is 0. The SMILES string of the molecule is C=CC1CN2CCC1CC2C(O)(CO)c1ccnc2ccccc12. The van der Waals surface area contributed by atoms with Crippen LogP contribution in [0.3, 0.4) is 0 Å². The maximum Gasteiger partial charge on any atom is 0.129 e. The zero-order chi connectivity index (χ0) is 16.7. The molecule has 3 fully saturated rings. The van der Waals surface area contributed by atoms with Crippen molar-refractivity contribution in [2.24, 2.45) is 11.8 Å². The average molecular weight is 324 g/mol. The van der Waals surface area contributed by atoms with Gasteiger partial charge in [-0.15, -0.1) is 6.58 Å². The molecule has 2 aromatic rings. The number of para-hydroxylation sites is 1. The van der Waals surface area contributed by atoms with E-state index in [0.717, 1.165) is 42.4 Å². The Kier molecular flexibility index (Phi) is 3.91. The van der Waals surface area contributed by atoms with Crippen molar-refractivity contribution in [3.8, 4) is 0 Å². The Morgan fingerprint density at radius 1 is 1.33 bits per heavy atom. The molecule has 0 spiro atoms. The number of rotatable bonds is 4. The van der Waals surface area contributed by atoms with Crippen LogP contribution in [0.4, 0.5) is 0 Å². The monoisotopic (exact) mass is 324 g/mol. The molecular weight excluding hydrogens is 300 g/mol. The Morgan fingerprint density at radius 2 is 2.17 bits per heavy atom. The van der Waals surface area contributed by atoms with E-state index >= 15 is 0 Å². The van der Waals surface area contributed by atoms with E-state index in [-0.39, 0.29) is 12.6 Å². The normalized spacial score (nSPS) is 31.8. The van der Waals surface area contributed by atoms with Crippen LogP contribution in [0.15, 0.2) is 49.2 Å². The highest BCUT2D eigenvalue weighted by Gasteiger charge is 2.49. The summed E-state index contributed by atoms with van der Waals surface area (Å²) in [5.41, 5.74) is 0.359. The number of aliphatic hydroxyl groups excluding tert-OH is 1. The van der Waals surface area contributed by atoms with E-state index in [9.17, 15) is 10.2 Å². The van der Waals surface area contributed by atoms with Gasteiger partial charge in [-0.25, -0.2) is 0 Å². The first-order chi connectivity index (χ1) is 11.7. The molecule has 0 amide bonds. The highest BCUT2D eigenvalue weighted by Crippen LogP contribution is 2.44. The lowest BCUT2D eigenvalue weighted by atomic mass is 9.69. The summed E-state index contributed by atoms with van der Waals surface area (Å²) in [6.45, 7) is 5.58. The number of nitrogens with zero attached hydrogens (tertiary/aromatic N) is 2. The minimum Gasteiger partial charge on any atom is -0.393 e. The lowest BCUT2D eigenvalue weighted by Gasteiger charge is -2.54. The first-order valence-electron chi connectivity index (χ1n) is 8.71. The van der Waals surface area contributed by atoms with Crippen molar-refractivity contribution in [1.82, 2.24) is 9.88 Å². The van der Waals surface area contributed by atoms with Gasteiger partial charge in [0.05, 0.1) is 12.1 Å². The van der Waals surface area contributed by atoms with Gasteiger partial charge < -0.3 is 10.2 Å². The third-order valence-corrected chi connectivity index (χ3v) is 6.02. The lowest BCUT2D eigenvalue weighted by molar-refractivity contribution is -0.130. The van der Waals surface area contributed by atoms with Gasteiger partial charge in [-0.3, -0.25) is 9.88 Å². The van der Waals surface area contributed by atoms with Crippen LogP contribution in [-0.4, -0.2) is 45.8 Å². The summed E-state index contributed by atoms with van der Waals surface area (Å²) in [6.07, 6.45) is 5.81. The molecule has 2 bridgehead atoms. The molecule has 126 valence electrons. The van der Waals surface area contributed by atoms with Crippen LogP contribution in [0.5, 0.6) is 0 Å². The van der Waals surface area contributed by atoms with E-state index in [0.29, 0.717) is 11.8 Å². The molecule has 4 nitrogen and oxygen atoms in total. The fourth-order valence-corrected chi connectivity index (χ4v) is 4.68. The van der Waals surface area contributed by atoms with Gasteiger partial charge in [-0.05, 0) is 48.9 Å². The Balaban J connectivity index is 1.78. The molecule has 3 aliphatic heterocycles. The van der Waals surface area contributed by atoms with E-state index in [1.807, 2.05) is 36.4 Å². The Morgan fingerprint density at radius 3 is 2.88 bits per heavy atom. The van der Waals surface area contributed by atoms with Gasteiger partial charge >= 0.3 is 0 Å². The van der Waals surface area contributed by atoms with Crippen molar-refractivity contribution in [3.63, 3.8) is 0 Å². The molecule has 5 unspecified atom stereocenters. The molecule has 3 saturated heterocycles. The molecule has 4 heterocycles. The zero-order valence-corrected chi connectivity index (χ0v) is 13.8. The minimum absolute atomic E-state index is 0.0664. The van der Waals surface area contributed by atoms with Crippen molar-refractivity contribution in [2.75, 3.05) is 19.7 Å². The maximum absolute atomic E-state index is 11.5. The molecule has 5 rings (SSSR count). The number of piperidine rings is 3. The standard InChI is InChI=1S/C20H24N2O2/c1-2-14-12-22-10-8-15(14)11-19(22)20(24,13-23)17-7-9-21-18-6-4-3-5-16(17)18/h2-7,9,14-15,19,23-24H,1,8,10-13H2. The minimum atomic E-state index is -1.27. The van der Waals surface area contributed by atoms with Gasteiger partial charge in [0.1, 0.15) is 5.60 Å². The van der Waals surface area contributed by atoms with Crippen molar-refractivity contribution in [1.29, 1.82) is 0 Å². The topological polar surface area (TPSA) is 56.6 Å². The first kappa shape index (κ1) is 15.8. The van der Waals surface area contributed by atoms with Crippen LogP contribution in [0.2, 0.25) is 0 Å². The van der Waals surface area contributed by atoms with Crippen LogP contribution in [0.25, 0.3) is 10.9 Å². The number of fused-ring (bicyclic) bond motifs is 4. The predicted octanol–water partition coefficient (Wildman–Crippen LogP) is 2.31. The number of pyridine rings is 1. The second kappa shape index (κ2) is 5.96. The molecule has 0 aliphatic carbocycles. The molecule has 1 aromatic carbocycles. The number of hydrogen-bond donors (Lipinski definition) is 2. The third kappa shape index (κ3) is 2.29. The highest BCUT2D eigenvalue weighted by atomic mass is 16.3. The van der Waals surface area contributed by atoms with E-state index in [1.165, 1.54) is 0 Å². The van der Waals surface area contributed by atoms with Crippen LogP contribution in [0.1, 0.15) is 18.4 Å². The van der Waals surface area contributed by atoms with Crippen molar-refractivity contribution < 1.29 is 10.2 Å². The number of hydrogen-bond acceptors (Lipinski definition) is 4. The van der Waals surface area contributed by atoms with E-state index in [1.54, 1.807) is 6.20 Å². The van der Waals surface area contributed by atoms with Gasteiger partial charge in [0.2, 0.25) is 0 Å². The van der Waals surface area contributed by atoms with Gasteiger partial charge in [-0.1, -0.05) is 24.3 Å². The summed E-state index contributed by atoms with van der Waals surface area (Å²) < 4.78 is 0. The molecule has 1 aromatic heterocycles. The van der Waals surface area contributed by atoms with Crippen LogP contribution in [-0.2, 0) is 5.60 Å². The van der Waals surface area contributed by atoms with Crippen LogP contribution >= 0.6 is 0 Å². The fraction of sp³-hybridized carbons (Fsp3) is 0.450. The van der Waals surface area contributed by atoms with E-state index < -0.39 is 5.60 Å². The molecular formula is C20H24N2O2. The largest absolute Gasteiger partial charge is 0.393 e. The van der Waals surface area contributed by atoms with Gasteiger partial charge in [-0.2, -0.15) is 0 Å². The summed E-state index contributed by atoms with van der Waals surface area (Å²) in [6, 6.07) is 9.60. The Hall–Kier alpha value is -1.75. The zero-order valence-electron chi connectivity index (χ0n) is 13.8. The number of aromatic nitrogens is 1. The maximum atomic E-state index is 11.5. The van der Waals surface area contributed by atoms with Crippen LogP contribution < -0.4 is 0 Å². The summed E-state index contributed by atoms with van der Waals surface area (Å²) >= 11 is 0. The molecule has 4 heteroatoms. The van der Waals surface area contributed by atoms with Gasteiger partial charge in [0, 0.05) is 24.2 Å². The Bertz CT molecular complexity index is 757. The fourth-order valence-electron chi connectivity index (χ4n) is 4.68. The second-order valence-electron chi connectivity index (χ2n) is 7.15. The number of benzene rings is 1. The van der Waals surface area contributed by atoms with Crippen molar-refractivity contribution in [3.05, 3.63) is 54.7 Å². The highest BCUT2D eigenvalue weighted by molar-refractivity contribution is 5.82. The molecule has 5 atom stereocenters. The second-order valence-corrected chi connectivity index (χ2v) is 7.15. The molecule has 24 heavy (non-hydrogen) atoms. The summed E-state index contributed by atoms with van der Waals surface area (Å²) in [4.78, 5) is 6.72. The average Bonchev–Trinajstić information content (AvgIpc) is 2.67. The lowest BCUT2D eigenvalue weighted by Crippen LogP contribution is -2.61. The third-order valence-electron chi connectivity index (χ3n) is 6.02. The number of aliphatic hydroxyl groups is 2. The van der Waals surface area contributed by atoms with Gasteiger partial charge in [0.25, 0.3) is 0 Å². The van der Waals surface area contributed by atoms with Crippen molar-refractivity contribution in [2.45, 2.75) is 24.5 Å². The van der Waals surface area contributed by atoms with E-state index in [2.05, 4.69) is 16.5 Å².